The smallest absolute Gasteiger partial charge is 0.338 e. The van der Waals surface area contributed by atoms with Crippen LogP contribution < -0.4 is 14.9 Å². The summed E-state index contributed by atoms with van der Waals surface area (Å²) in [4.78, 5) is 31.1. The number of nitrogens with zero attached hydrogens (tertiary/aromatic N) is 2. The number of esters is 1. The molecule has 0 radical (unpaired) electrons. The molecule has 6 nitrogen and oxygen atoms in total. The summed E-state index contributed by atoms with van der Waals surface area (Å²) in [5, 5.41) is 0. The number of halogens is 1. The van der Waals surface area contributed by atoms with Crippen molar-refractivity contribution in [3.05, 3.63) is 89.4 Å². The molecule has 3 aromatic rings. The molecule has 1 aromatic carbocycles. The maximum absolute atomic E-state index is 13.3. The summed E-state index contributed by atoms with van der Waals surface area (Å²) in [5.41, 5.74) is 1.48. The topological polar surface area (TPSA) is 73.8 Å². The highest BCUT2D eigenvalue weighted by molar-refractivity contribution is 9.10. The molecule has 1 atom stereocenters. The van der Waals surface area contributed by atoms with Crippen LogP contribution in [0.4, 0.5) is 0 Å². The molecule has 0 fully saturated rings. The van der Waals surface area contributed by atoms with Crippen molar-refractivity contribution in [2.75, 3.05) is 6.61 Å². The summed E-state index contributed by atoms with van der Waals surface area (Å²) >= 11 is 4.70. The zero-order valence-electron chi connectivity index (χ0n) is 15.7. The first-order chi connectivity index (χ1) is 14.0. The second kappa shape index (κ2) is 7.96. The Morgan fingerprint density at radius 2 is 2.10 bits per heavy atom. The van der Waals surface area contributed by atoms with Gasteiger partial charge >= 0.3 is 5.97 Å². The minimum Gasteiger partial charge on any atom is -0.465 e. The van der Waals surface area contributed by atoms with Gasteiger partial charge in [0.1, 0.15) is 5.76 Å². The highest BCUT2D eigenvalue weighted by Crippen LogP contribution is 2.31. The number of thiazole rings is 1. The standard InChI is InChI=1S/C21H17BrN2O4S/c1-3-27-20(26)17-12(2)23-21-24(18(17)13-6-8-14(22)9-7-13)19(25)16(29-21)11-15-5-4-10-28-15/h4-11,18H,3H2,1-2H3/b16-11-. The van der Waals surface area contributed by atoms with E-state index in [0.717, 1.165) is 10.0 Å². The molecule has 1 aliphatic heterocycles. The van der Waals surface area contributed by atoms with Crippen LogP contribution >= 0.6 is 27.3 Å². The van der Waals surface area contributed by atoms with Crippen molar-refractivity contribution >= 4 is 39.3 Å². The van der Waals surface area contributed by atoms with Crippen LogP contribution in [0.5, 0.6) is 0 Å². The zero-order valence-corrected chi connectivity index (χ0v) is 18.1. The molecule has 0 aliphatic carbocycles. The van der Waals surface area contributed by atoms with Gasteiger partial charge in [0, 0.05) is 10.5 Å². The van der Waals surface area contributed by atoms with Crippen LogP contribution in [-0.4, -0.2) is 17.1 Å². The number of carbonyl (C=O) groups excluding carboxylic acids is 1. The van der Waals surface area contributed by atoms with Crippen molar-refractivity contribution < 1.29 is 13.9 Å². The summed E-state index contributed by atoms with van der Waals surface area (Å²) in [6.07, 6.45) is 3.24. The molecule has 8 heteroatoms. The molecule has 2 aromatic heterocycles. The van der Waals surface area contributed by atoms with E-state index in [4.69, 9.17) is 9.15 Å². The Kier molecular flexibility index (Phi) is 5.38. The van der Waals surface area contributed by atoms with E-state index in [1.54, 1.807) is 42.9 Å². The third-order valence-electron chi connectivity index (χ3n) is 4.52. The number of ether oxygens (including phenoxy) is 1. The van der Waals surface area contributed by atoms with Crippen molar-refractivity contribution in [1.29, 1.82) is 0 Å². The van der Waals surface area contributed by atoms with Crippen LogP contribution in [0.15, 0.2) is 72.6 Å². The fourth-order valence-electron chi connectivity index (χ4n) is 3.25. The van der Waals surface area contributed by atoms with E-state index >= 15 is 0 Å². The monoisotopic (exact) mass is 472 g/mol. The Labute approximate surface area is 178 Å². The Morgan fingerprint density at radius 1 is 1.34 bits per heavy atom. The number of carbonyl (C=O) groups is 1. The lowest BCUT2D eigenvalue weighted by atomic mass is 9.96. The number of fused-ring (bicyclic) bond motifs is 1. The van der Waals surface area contributed by atoms with Crippen LogP contribution in [0.3, 0.4) is 0 Å². The fraction of sp³-hybridized carbons (Fsp3) is 0.190. The summed E-state index contributed by atoms with van der Waals surface area (Å²) in [6, 6.07) is 10.5. The average molecular weight is 473 g/mol. The van der Waals surface area contributed by atoms with Gasteiger partial charge in [0.15, 0.2) is 4.80 Å². The predicted molar refractivity (Wildman–Crippen MR) is 113 cm³/mol. The van der Waals surface area contributed by atoms with Crippen molar-refractivity contribution in [2.45, 2.75) is 19.9 Å². The third kappa shape index (κ3) is 3.65. The van der Waals surface area contributed by atoms with Gasteiger partial charge < -0.3 is 9.15 Å². The average Bonchev–Trinajstić information content (AvgIpc) is 3.30. The summed E-state index contributed by atoms with van der Waals surface area (Å²) in [5.74, 6) is 0.110. The third-order valence-corrected chi connectivity index (χ3v) is 6.03. The molecule has 0 amide bonds. The summed E-state index contributed by atoms with van der Waals surface area (Å²) in [7, 11) is 0. The van der Waals surface area contributed by atoms with Gasteiger partial charge in [-0.25, -0.2) is 9.79 Å². The SMILES string of the molecule is CCOC(=O)C1=C(C)N=c2s/c(=C\c3ccco3)c(=O)n2C1c1ccc(Br)cc1. The molecule has 0 N–H and O–H groups in total. The lowest BCUT2D eigenvalue weighted by molar-refractivity contribution is -0.139. The summed E-state index contributed by atoms with van der Waals surface area (Å²) in [6.45, 7) is 3.76. The van der Waals surface area contributed by atoms with Gasteiger partial charge in [-0.2, -0.15) is 0 Å². The van der Waals surface area contributed by atoms with Gasteiger partial charge in [-0.15, -0.1) is 0 Å². The normalized spacial score (nSPS) is 16.5. The number of hydrogen-bond donors (Lipinski definition) is 0. The van der Waals surface area contributed by atoms with Crippen molar-refractivity contribution in [3.63, 3.8) is 0 Å². The van der Waals surface area contributed by atoms with E-state index in [1.807, 2.05) is 24.3 Å². The molecule has 29 heavy (non-hydrogen) atoms. The van der Waals surface area contributed by atoms with E-state index in [1.165, 1.54) is 11.3 Å². The van der Waals surface area contributed by atoms with E-state index in [2.05, 4.69) is 20.9 Å². The lowest BCUT2D eigenvalue weighted by Crippen LogP contribution is -2.39. The van der Waals surface area contributed by atoms with Crippen molar-refractivity contribution in [3.8, 4) is 0 Å². The van der Waals surface area contributed by atoms with Gasteiger partial charge in [-0.05, 0) is 43.7 Å². The number of rotatable bonds is 4. The van der Waals surface area contributed by atoms with Crippen LogP contribution in [0.2, 0.25) is 0 Å². The second-order valence-electron chi connectivity index (χ2n) is 6.37. The highest BCUT2D eigenvalue weighted by Gasteiger charge is 2.33. The second-order valence-corrected chi connectivity index (χ2v) is 8.29. The first-order valence-electron chi connectivity index (χ1n) is 8.98. The molecule has 3 heterocycles. The quantitative estimate of drug-likeness (QED) is 0.546. The molecule has 1 aliphatic rings. The van der Waals surface area contributed by atoms with Crippen LogP contribution in [-0.2, 0) is 9.53 Å². The van der Waals surface area contributed by atoms with Gasteiger partial charge in [0.05, 0.1) is 34.7 Å². The molecule has 148 valence electrons. The Morgan fingerprint density at radius 3 is 2.76 bits per heavy atom. The van der Waals surface area contributed by atoms with E-state index < -0.39 is 12.0 Å². The number of hydrogen-bond acceptors (Lipinski definition) is 6. The number of benzene rings is 1. The predicted octanol–water partition coefficient (Wildman–Crippen LogP) is 3.15. The summed E-state index contributed by atoms with van der Waals surface area (Å²) < 4.78 is 13.6. The van der Waals surface area contributed by atoms with Gasteiger partial charge in [-0.3, -0.25) is 9.36 Å². The molecule has 0 spiro atoms. The highest BCUT2D eigenvalue weighted by atomic mass is 79.9. The fourth-order valence-corrected chi connectivity index (χ4v) is 4.55. The maximum atomic E-state index is 13.3. The molecule has 0 saturated carbocycles. The van der Waals surface area contributed by atoms with Crippen molar-refractivity contribution in [1.82, 2.24) is 4.57 Å². The van der Waals surface area contributed by atoms with Crippen LogP contribution in [0.25, 0.3) is 6.08 Å². The molecular formula is C21H17BrN2O4S. The largest absolute Gasteiger partial charge is 0.465 e. The molecule has 0 bridgehead atoms. The Hall–Kier alpha value is -2.71. The first kappa shape index (κ1) is 19.6. The minimum absolute atomic E-state index is 0.229. The van der Waals surface area contributed by atoms with E-state index in [0.29, 0.717) is 26.4 Å². The molecule has 4 rings (SSSR count). The van der Waals surface area contributed by atoms with E-state index in [-0.39, 0.29) is 12.2 Å². The number of allylic oxidation sites excluding steroid dienone is 1. The van der Waals surface area contributed by atoms with Crippen LogP contribution in [0.1, 0.15) is 31.2 Å². The van der Waals surface area contributed by atoms with Crippen molar-refractivity contribution in [2.24, 2.45) is 4.99 Å². The maximum Gasteiger partial charge on any atom is 0.338 e. The Balaban J connectivity index is 1.97. The number of aromatic nitrogens is 1. The first-order valence-corrected chi connectivity index (χ1v) is 10.6. The molecule has 1 unspecified atom stereocenters. The lowest BCUT2D eigenvalue weighted by Gasteiger charge is -2.24. The van der Waals surface area contributed by atoms with Gasteiger partial charge in [0.25, 0.3) is 5.56 Å². The van der Waals surface area contributed by atoms with Crippen LogP contribution in [0, 0.1) is 0 Å². The molecule has 0 saturated heterocycles. The number of furan rings is 1. The Bertz CT molecular complexity index is 1270. The minimum atomic E-state index is -0.614. The van der Waals surface area contributed by atoms with Gasteiger partial charge in [0.2, 0.25) is 0 Å². The van der Waals surface area contributed by atoms with Gasteiger partial charge in [-0.1, -0.05) is 39.4 Å². The molecular weight excluding hydrogens is 456 g/mol. The zero-order chi connectivity index (χ0) is 20.5. The van der Waals surface area contributed by atoms with E-state index in [9.17, 15) is 9.59 Å².